The van der Waals surface area contributed by atoms with Crippen molar-refractivity contribution in [1.82, 2.24) is 24.6 Å². The van der Waals surface area contributed by atoms with E-state index >= 15 is 0 Å². The van der Waals surface area contributed by atoms with Crippen LogP contribution in [0.4, 0.5) is 13.2 Å². The van der Waals surface area contributed by atoms with Crippen LogP contribution in [0.25, 0.3) is 27.8 Å². The topological polar surface area (TPSA) is 64.7 Å². The average Bonchev–Trinajstić information content (AvgIpc) is 3.31. The molecule has 1 aromatic carbocycles. The molecule has 0 saturated carbocycles. The Morgan fingerprint density at radius 1 is 1.06 bits per heavy atom. The Kier molecular flexibility index (Phi) is 5.29. The maximum absolute atomic E-state index is 12.9. The fourth-order valence-corrected chi connectivity index (χ4v) is 5.22. The maximum Gasteiger partial charge on any atom is 0.435 e. The summed E-state index contributed by atoms with van der Waals surface area (Å²) in [6, 6.07) is 12.0. The van der Waals surface area contributed by atoms with Crippen molar-refractivity contribution in [3.8, 4) is 16.9 Å². The lowest BCUT2D eigenvalue weighted by molar-refractivity contribution is -0.141. The van der Waals surface area contributed by atoms with E-state index < -0.39 is 11.9 Å². The summed E-state index contributed by atoms with van der Waals surface area (Å²) in [5.41, 5.74) is 3.79. The number of hydrogen-bond acceptors (Lipinski definition) is 4. The van der Waals surface area contributed by atoms with Gasteiger partial charge < -0.3 is 9.88 Å². The molecule has 2 atom stereocenters. The minimum atomic E-state index is -4.56. The van der Waals surface area contributed by atoms with Gasteiger partial charge in [-0.15, -0.1) is 22.6 Å². The molecule has 6 rings (SSSR count). The number of hydrogen-bond donors (Lipinski definition) is 1. The second kappa shape index (κ2) is 7.95. The first-order valence-electron chi connectivity index (χ1n) is 10.8. The summed E-state index contributed by atoms with van der Waals surface area (Å²) in [4.78, 5) is 12.9. The molecule has 1 N–H and O–H groups in total. The number of nitrogens with one attached hydrogen (secondary N) is 1. The van der Waals surface area contributed by atoms with Crippen LogP contribution < -0.4 is 10.9 Å². The number of pyridine rings is 1. The monoisotopic (exact) mass is 487 g/mol. The number of benzene rings is 1. The van der Waals surface area contributed by atoms with Crippen molar-refractivity contribution in [3.63, 3.8) is 0 Å². The van der Waals surface area contributed by atoms with Crippen LogP contribution in [0.15, 0.2) is 53.5 Å². The lowest BCUT2D eigenvalue weighted by atomic mass is 9.99. The molecule has 2 unspecified atom stereocenters. The van der Waals surface area contributed by atoms with E-state index in [4.69, 9.17) is 0 Å². The third kappa shape index (κ3) is 3.50. The first-order chi connectivity index (χ1) is 15.8. The van der Waals surface area contributed by atoms with Crippen molar-refractivity contribution in [2.75, 3.05) is 0 Å². The van der Waals surface area contributed by atoms with E-state index in [1.54, 1.807) is 12.3 Å². The highest BCUT2D eigenvalue weighted by molar-refractivity contribution is 5.88. The molecule has 2 bridgehead atoms. The summed E-state index contributed by atoms with van der Waals surface area (Å²) in [5, 5.41) is 11.8. The predicted octanol–water partition coefficient (Wildman–Crippen LogP) is 4.58. The van der Waals surface area contributed by atoms with Crippen LogP contribution in [0.3, 0.4) is 0 Å². The number of nitrogens with zero attached hydrogens (tertiary/aromatic N) is 4. The largest absolute Gasteiger partial charge is 0.435 e. The number of aromatic nitrogens is 4. The Hall–Kier alpha value is -3.17. The number of halogens is 4. The van der Waals surface area contributed by atoms with E-state index in [1.165, 1.54) is 39.8 Å². The lowest BCUT2D eigenvalue weighted by Crippen LogP contribution is -2.32. The molecule has 1 saturated heterocycles. The van der Waals surface area contributed by atoms with Crippen LogP contribution in [-0.2, 0) is 19.6 Å². The van der Waals surface area contributed by atoms with Gasteiger partial charge in [0.05, 0.1) is 16.9 Å². The Morgan fingerprint density at radius 2 is 1.88 bits per heavy atom. The van der Waals surface area contributed by atoms with E-state index in [0.717, 1.165) is 30.1 Å². The third-order valence-electron chi connectivity index (χ3n) is 6.83. The molecule has 34 heavy (non-hydrogen) atoms. The van der Waals surface area contributed by atoms with E-state index in [-0.39, 0.29) is 23.7 Å². The molecular formula is C24H21ClF3N5O. The molecule has 4 aromatic rings. The maximum atomic E-state index is 12.9. The molecule has 0 radical (unpaired) electrons. The van der Waals surface area contributed by atoms with Gasteiger partial charge in [0.2, 0.25) is 0 Å². The Bertz CT molecular complexity index is 1460. The number of alkyl halides is 3. The minimum absolute atomic E-state index is 0. The van der Waals surface area contributed by atoms with Crippen LogP contribution in [0, 0.1) is 0 Å². The minimum Gasteiger partial charge on any atom is -0.347 e. The second-order valence-electron chi connectivity index (χ2n) is 8.74. The summed E-state index contributed by atoms with van der Waals surface area (Å²) in [5.74, 6) is 0. The van der Waals surface area contributed by atoms with Gasteiger partial charge in [0, 0.05) is 54.5 Å². The quantitative estimate of drug-likeness (QED) is 0.449. The van der Waals surface area contributed by atoms with E-state index in [0.29, 0.717) is 17.6 Å². The molecule has 2 aliphatic heterocycles. The number of rotatable bonds is 2. The molecule has 176 valence electrons. The first kappa shape index (κ1) is 22.6. The fraction of sp³-hybridized carbons (Fsp3) is 0.292. The smallest absolute Gasteiger partial charge is 0.347 e. The van der Waals surface area contributed by atoms with Crippen molar-refractivity contribution in [3.05, 3.63) is 76.0 Å². The number of fused-ring (bicyclic) bond motifs is 6. The third-order valence-corrected chi connectivity index (χ3v) is 6.83. The molecule has 0 spiro atoms. The first-order valence-corrected chi connectivity index (χ1v) is 10.8. The standard InChI is InChI=1S/C24H20F3N5O.ClH/c1-31-19-12-15(3-4-16(19)23-18-5-2-14(28-18)11-20(23)31)32-9-8-13(10-22(32)33)17-6-7-21(30-29-17)24(25,26)27;/h3-4,6-10,12,14,18,28H,2,5,11H2,1H3;1H. The van der Waals surface area contributed by atoms with Crippen LogP contribution in [0.2, 0.25) is 0 Å². The zero-order valence-corrected chi connectivity index (χ0v) is 19.0. The van der Waals surface area contributed by atoms with Crippen molar-refractivity contribution in [2.24, 2.45) is 7.05 Å². The van der Waals surface area contributed by atoms with Gasteiger partial charge in [0.15, 0.2) is 5.69 Å². The zero-order chi connectivity index (χ0) is 22.9. The molecule has 10 heteroatoms. The summed E-state index contributed by atoms with van der Waals surface area (Å²) >= 11 is 0. The SMILES string of the molecule is Cl.Cn1c2c(c3ccc(-n4ccc(-c5ccc(C(F)(F)F)nn5)cc4=O)cc31)C1CCC(C2)N1. The highest BCUT2D eigenvalue weighted by Gasteiger charge is 2.36. The molecule has 2 aliphatic rings. The predicted molar refractivity (Wildman–Crippen MR) is 124 cm³/mol. The fourth-order valence-electron chi connectivity index (χ4n) is 5.22. The molecule has 6 nitrogen and oxygen atoms in total. The van der Waals surface area contributed by atoms with Crippen LogP contribution in [0.1, 0.15) is 35.8 Å². The van der Waals surface area contributed by atoms with Gasteiger partial charge in [0.25, 0.3) is 5.56 Å². The summed E-state index contributed by atoms with van der Waals surface area (Å²) in [7, 11) is 2.07. The zero-order valence-electron chi connectivity index (χ0n) is 18.1. The Morgan fingerprint density at radius 3 is 2.59 bits per heavy atom. The summed E-state index contributed by atoms with van der Waals surface area (Å²) in [6.45, 7) is 0. The van der Waals surface area contributed by atoms with Crippen molar-refractivity contribution in [2.45, 2.75) is 37.5 Å². The van der Waals surface area contributed by atoms with Gasteiger partial charge in [-0.25, -0.2) is 0 Å². The highest BCUT2D eigenvalue weighted by atomic mass is 35.5. The molecule has 0 amide bonds. The molecule has 5 heterocycles. The van der Waals surface area contributed by atoms with Gasteiger partial charge in [0.1, 0.15) is 0 Å². The molecular weight excluding hydrogens is 467 g/mol. The normalized spacial score (nSPS) is 19.2. The average molecular weight is 488 g/mol. The Labute approximate surface area is 198 Å². The van der Waals surface area contributed by atoms with Gasteiger partial charge >= 0.3 is 6.18 Å². The van der Waals surface area contributed by atoms with Gasteiger partial charge in [-0.1, -0.05) is 6.07 Å². The van der Waals surface area contributed by atoms with E-state index in [1.807, 2.05) is 12.1 Å². The Balaban J connectivity index is 0.00000241. The van der Waals surface area contributed by atoms with Gasteiger partial charge in [-0.3, -0.25) is 9.36 Å². The van der Waals surface area contributed by atoms with Gasteiger partial charge in [-0.05, 0) is 48.7 Å². The van der Waals surface area contributed by atoms with Crippen LogP contribution in [0.5, 0.6) is 0 Å². The summed E-state index contributed by atoms with van der Waals surface area (Å²) < 4.78 is 41.9. The highest BCUT2D eigenvalue weighted by Crippen LogP contribution is 2.41. The van der Waals surface area contributed by atoms with E-state index in [2.05, 4.69) is 33.2 Å². The summed E-state index contributed by atoms with van der Waals surface area (Å²) in [6.07, 6.45) is 0.412. The van der Waals surface area contributed by atoms with Gasteiger partial charge in [-0.2, -0.15) is 13.2 Å². The van der Waals surface area contributed by atoms with Crippen LogP contribution >= 0.6 is 12.4 Å². The van der Waals surface area contributed by atoms with Crippen LogP contribution in [-0.4, -0.2) is 25.4 Å². The van der Waals surface area contributed by atoms with Crippen molar-refractivity contribution >= 4 is 23.3 Å². The molecule has 1 fully saturated rings. The second-order valence-corrected chi connectivity index (χ2v) is 8.74. The lowest BCUT2D eigenvalue weighted by Gasteiger charge is -2.23. The number of aryl methyl sites for hydroxylation is 1. The molecule has 0 aliphatic carbocycles. The van der Waals surface area contributed by atoms with Crippen molar-refractivity contribution < 1.29 is 13.2 Å². The molecule has 3 aromatic heterocycles. The van der Waals surface area contributed by atoms with E-state index in [9.17, 15) is 18.0 Å². The van der Waals surface area contributed by atoms with Crippen molar-refractivity contribution in [1.29, 1.82) is 0 Å².